The van der Waals surface area contributed by atoms with Gasteiger partial charge in [-0.3, -0.25) is 14.4 Å². The molecule has 3 aromatic rings. The highest BCUT2D eigenvalue weighted by Gasteiger charge is 2.31. The average Bonchev–Trinajstić information content (AvgIpc) is 2.82. The molecule has 35 heavy (non-hydrogen) atoms. The molecule has 1 aliphatic heterocycles. The summed E-state index contributed by atoms with van der Waals surface area (Å²) in [5.41, 5.74) is 6.65. The Labute approximate surface area is 204 Å². The van der Waals surface area contributed by atoms with Gasteiger partial charge in [-0.2, -0.15) is 0 Å². The van der Waals surface area contributed by atoms with E-state index in [0.29, 0.717) is 40.1 Å². The number of amides is 2. The lowest BCUT2D eigenvalue weighted by Crippen LogP contribution is -2.31. The van der Waals surface area contributed by atoms with Gasteiger partial charge in [0.25, 0.3) is 11.5 Å². The standard InChI is InChI=1S/C24H23FN4O5S/c1-2-33-18-9-14(5-8-17(18)34-11-19(26)30)16-10-20(31)27-22-21(16)23(32)29-24(28-22)35-12-13-3-6-15(25)7-4-13/h3-9,16H,2,10-12H2,1H3,(H2,26,30)(H2,27,28,29,31,32). The number of primary amides is 1. The molecule has 0 bridgehead atoms. The maximum Gasteiger partial charge on any atom is 0.257 e. The maximum atomic E-state index is 13.1. The molecule has 1 atom stereocenters. The highest BCUT2D eigenvalue weighted by molar-refractivity contribution is 7.98. The fourth-order valence-corrected chi connectivity index (χ4v) is 4.53. The third kappa shape index (κ3) is 5.80. The van der Waals surface area contributed by atoms with Crippen LogP contribution in [0.4, 0.5) is 10.2 Å². The molecule has 9 nitrogen and oxygen atoms in total. The van der Waals surface area contributed by atoms with Crippen LogP contribution in [0.2, 0.25) is 0 Å². The van der Waals surface area contributed by atoms with Gasteiger partial charge in [0, 0.05) is 18.1 Å². The van der Waals surface area contributed by atoms with Gasteiger partial charge in [0.2, 0.25) is 5.91 Å². The molecule has 2 heterocycles. The second kappa shape index (κ2) is 10.6. The molecule has 0 radical (unpaired) electrons. The predicted molar refractivity (Wildman–Crippen MR) is 128 cm³/mol. The van der Waals surface area contributed by atoms with Gasteiger partial charge in [-0.15, -0.1) is 0 Å². The zero-order valence-electron chi connectivity index (χ0n) is 18.8. The summed E-state index contributed by atoms with van der Waals surface area (Å²) in [5, 5.41) is 3.03. The Bertz CT molecular complexity index is 1310. The van der Waals surface area contributed by atoms with E-state index >= 15 is 0 Å². The minimum atomic E-state index is -0.625. The third-order valence-electron chi connectivity index (χ3n) is 5.26. The molecule has 4 N–H and O–H groups in total. The smallest absolute Gasteiger partial charge is 0.257 e. The zero-order chi connectivity index (χ0) is 24.9. The summed E-state index contributed by atoms with van der Waals surface area (Å²) < 4.78 is 24.2. The number of benzene rings is 2. The number of fused-ring (bicyclic) bond motifs is 1. The summed E-state index contributed by atoms with van der Waals surface area (Å²) in [4.78, 5) is 43.9. The fraction of sp³-hybridized carbons (Fsp3) is 0.250. The number of nitrogens with one attached hydrogen (secondary N) is 2. The van der Waals surface area contributed by atoms with Crippen LogP contribution in [-0.4, -0.2) is 35.0 Å². The van der Waals surface area contributed by atoms with E-state index in [-0.39, 0.29) is 36.1 Å². The van der Waals surface area contributed by atoms with Crippen LogP contribution >= 0.6 is 11.8 Å². The van der Waals surface area contributed by atoms with Crippen molar-refractivity contribution in [3.8, 4) is 11.5 Å². The summed E-state index contributed by atoms with van der Waals surface area (Å²) >= 11 is 1.27. The SMILES string of the molecule is CCOc1cc(C2CC(=O)Nc3nc(SCc4ccc(F)cc4)[nH]c(=O)c32)ccc1OCC(N)=O. The Morgan fingerprint density at radius 1 is 1.17 bits per heavy atom. The highest BCUT2D eigenvalue weighted by atomic mass is 32.2. The van der Waals surface area contributed by atoms with Crippen LogP contribution in [0.15, 0.2) is 52.4 Å². The average molecular weight is 499 g/mol. The molecule has 0 spiro atoms. The van der Waals surface area contributed by atoms with E-state index in [1.165, 1.54) is 23.9 Å². The summed E-state index contributed by atoms with van der Waals surface area (Å²) in [5.74, 6) is -0.428. The van der Waals surface area contributed by atoms with Gasteiger partial charge < -0.3 is 25.5 Å². The third-order valence-corrected chi connectivity index (χ3v) is 6.20. The Morgan fingerprint density at radius 3 is 2.66 bits per heavy atom. The van der Waals surface area contributed by atoms with Crippen LogP contribution in [0.25, 0.3) is 0 Å². The molecule has 1 unspecified atom stereocenters. The second-order valence-electron chi connectivity index (χ2n) is 7.75. The minimum absolute atomic E-state index is 0.0485. The van der Waals surface area contributed by atoms with Gasteiger partial charge in [-0.25, -0.2) is 9.37 Å². The predicted octanol–water partition coefficient (Wildman–Crippen LogP) is 2.94. The van der Waals surface area contributed by atoms with Crippen molar-refractivity contribution in [2.75, 3.05) is 18.5 Å². The van der Waals surface area contributed by atoms with Crippen LogP contribution in [0, 0.1) is 5.82 Å². The number of aromatic nitrogens is 2. The van der Waals surface area contributed by atoms with Crippen LogP contribution in [0.3, 0.4) is 0 Å². The first-order chi connectivity index (χ1) is 16.8. The molecule has 0 saturated carbocycles. The first-order valence-electron chi connectivity index (χ1n) is 10.8. The number of nitrogens with zero attached hydrogens (tertiary/aromatic N) is 1. The topological polar surface area (TPSA) is 136 Å². The lowest BCUT2D eigenvalue weighted by Gasteiger charge is -2.25. The van der Waals surface area contributed by atoms with Crippen LogP contribution < -0.4 is 26.1 Å². The number of nitrogens with two attached hydrogens (primary N) is 1. The van der Waals surface area contributed by atoms with Crippen LogP contribution in [-0.2, 0) is 15.3 Å². The van der Waals surface area contributed by atoms with Crippen LogP contribution in [0.5, 0.6) is 11.5 Å². The molecular formula is C24H23FN4O5S. The number of rotatable bonds is 9. The molecule has 0 aliphatic carbocycles. The van der Waals surface area contributed by atoms with Gasteiger partial charge in [0.1, 0.15) is 11.6 Å². The van der Waals surface area contributed by atoms with Crippen molar-refractivity contribution in [1.82, 2.24) is 9.97 Å². The Balaban J connectivity index is 1.63. The molecule has 2 amide bonds. The Morgan fingerprint density at radius 2 is 1.94 bits per heavy atom. The second-order valence-corrected chi connectivity index (χ2v) is 8.71. The number of aromatic amines is 1. The van der Waals surface area contributed by atoms with E-state index in [4.69, 9.17) is 15.2 Å². The van der Waals surface area contributed by atoms with E-state index < -0.39 is 11.8 Å². The van der Waals surface area contributed by atoms with E-state index in [9.17, 15) is 18.8 Å². The number of hydrogen-bond acceptors (Lipinski definition) is 7. The number of halogens is 1. The van der Waals surface area contributed by atoms with Gasteiger partial charge in [0.05, 0.1) is 12.2 Å². The normalized spacial score (nSPS) is 14.7. The molecule has 11 heteroatoms. The first-order valence-corrected chi connectivity index (χ1v) is 11.8. The van der Waals surface area contributed by atoms with Crippen molar-refractivity contribution < 1.29 is 23.5 Å². The molecule has 182 valence electrons. The number of ether oxygens (including phenoxy) is 2. The van der Waals surface area contributed by atoms with E-state index in [2.05, 4.69) is 15.3 Å². The highest BCUT2D eigenvalue weighted by Crippen LogP contribution is 2.38. The van der Waals surface area contributed by atoms with Crippen molar-refractivity contribution >= 4 is 29.4 Å². The molecule has 2 aromatic carbocycles. The largest absolute Gasteiger partial charge is 0.490 e. The number of anilines is 1. The molecule has 1 aliphatic rings. The summed E-state index contributed by atoms with van der Waals surface area (Å²) in [7, 11) is 0. The van der Waals surface area contributed by atoms with Gasteiger partial charge in [0.15, 0.2) is 23.3 Å². The Hall–Kier alpha value is -3.86. The summed E-state index contributed by atoms with van der Waals surface area (Å²) in [6.07, 6.45) is 0.0485. The minimum Gasteiger partial charge on any atom is -0.490 e. The first kappa shape index (κ1) is 24.3. The number of hydrogen-bond donors (Lipinski definition) is 3. The maximum absolute atomic E-state index is 13.1. The van der Waals surface area contributed by atoms with E-state index in [1.54, 1.807) is 37.3 Å². The Kier molecular flexibility index (Phi) is 7.35. The van der Waals surface area contributed by atoms with Crippen molar-refractivity contribution in [1.29, 1.82) is 0 Å². The monoisotopic (exact) mass is 498 g/mol. The quantitative estimate of drug-likeness (QED) is 0.305. The van der Waals surface area contributed by atoms with Crippen LogP contribution in [0.1, 0.15) is 36.0 Å². The lowest BCUT2D eigenvalue weighted by atomic mass is 9.86. The van der Waals surface area contributed by atoms with Crippen molar-refractivity contribution in [2.24, 2.45) is 5.73 Å². The molecule has 1 aromatic heterocycles. The lowest BCUT2D eigenvalue weighted by molar-refractivity contribution is -0.120. The van der Waals surface area contributed by atoms with Crippen molar-refractivity contribution in [3.05, 3.63) is 75.3 Å². The van der Waals surface area contributed by atoms with Crippen molar-refractivity contribution in [2.45, 2.75) is 30.2 Å². The fourth-order valence-electron chi connectivity index (χ4n) is 3.71. The molecule has 0 saturated heterocycles. The van der Waals surface area contributed by atoms with Gasteiger partial charge in [-0.1, -0.05) is 30.0 Å². The summed E-state index contributed by atoms with van der Waals surface area (Å²) in [6.45, 7) is 1.83. The number of carbonyl (C=O) groups is 2. The molecule has 4 rings (SSSR count). The van der Waals surface area contributed by atoms with Crippen molar-refractivity contribution in [3.63, 3.8) is 0 Å². The molecule has 0 fully saturated rings. The number of carbonyl (C=O) groups excluding carboxylic acids is 2. The van der Waals surface area contributed by atoms with Gasteiger partial charge >= 0.3 is 0 Å². The number of thioether (sulfide) groups is 1. The van der Waals surface area contributed by atoms with E-state index in [0.717, 1.165) is 5.56 Å². The van der Waals surface area contributed by atoms with Gasteiger partial charge in [-0.05, 0) is 42.3 Å². The van der Waals surface area contributed by atoms with E-state index in [1.807, 2.05) is 0 Å². The number of H-pyrrole nitrogens is 1. The zero-order valence-corrected chi connectivity index (χ0v) is 19.6. The summed E-state index contributed by atoms with van der Waals surface area (Å²) in [6, 6.07) is 11.1. The molecular weight excluding hydrogens is 475 g/mol.